The molecule has 0 radical (unpaired) electrons. The predicted molar refractivity (Wildman–Crippen MR) is 102 cm³/mol. The molecule has 0 N–H and O–H groups in total. The number of carbonyl (C=O) groups is 1. The Kier molecular flexibility index (Phi) is 6.22. The molecule has 1 aromatic carbocycles. The van der Waals surface area contributed by atoms with Crippen LogP contribution in [0, 0.1) is 5.92 Å². The van der Waals surface area contributed by atoms with E-state index in [0.29, 0.717) is 18.0 Å². The van der Waals surface area contributed by atoms with Crippen molar-refractivity contribution in [3.63, 3.8) is 0 Å². The van der Waals surface area contributed by atoms with E-state index < -0.39 is 10.0 Å². The van der Waals surface area contributed by atoms with Gasteiger partial charge in [-0.1, -0.05) is 18.5 Å². The number of hydrogen-bond acceptors (Lipinski definition) is 4. The number of halogens is 1. The second kappa shape index (κ2) is 8.25. The van der Waals surface area contributed by atoms with E-state index in [1.165, 1.54) is 16.4 Å². The second-order valence-electron chi connectivity index (χ2n) is 6.92. The molecular formula is C18H26ClN3O3S. The Balaban J connectivity index is 1.67. The van der Waals surface area contributed by atoms with Crippen molar-refractivity contribution in [2.24, 2.45) is 5.92 Å². The van der Waals surface area contributed by atoms with Crippen LogP contribution in [0.5, 0.6) is 0 Å². The van der Waals surface area contributed by atoms with E-state index in [0.717, 1.165) is 39.1 Å². The molecule has 0 spiro atoms. The first-order chi connectivity index (χ1) is 12.4. The van der Waals surface area contributed by atoms with Crippen molar-refractivity contribution in [1.82, 2.24) is 14.1 Å². The fourth-order valence-corrected chi connectivity index (χ4v) is 5.31. The standard InChI is InChI=1S/C18H26ClN3O3S/c1-2-20-10-12-21(13-11-20)18(23)15-4-3-9-22(14-15)26(24,25)17-7-5-16(19)6-8-17/h5-8,15H,2-4,9-14H2,1H3/t15-/m0/s1. The zero-order valence-corrected chi connectivity index (χ0v) is 16.7. The fraction of sp³-hybridized carbons (Fsp3) is 0.611. The van der Waals surface area contributed by atoms with Gasteiger partial charge in [0.25, 0.3) is 0 Å². The van der Waals surface area contributed by atoms with Gasteiger partial charge in [0.1, 0.15) is 0 Å². The summed E-state index contributed by atoms with van der Waals surface area (Å²) in [5.41, 5.74) is 0. The van der Waals surface area contributed by atoms with E-state index in [1.807, 2.05) is 4.90 Å². The number of sulfonamides is 1. The van der Waals surface area contributed by atoms with Crippen LogP contribution in [0.15, 0.2) is 29.2 Å². The summed E-state index contributed by atoms with van der Waals surface area (Å²) in [6.45, 7) is 7.08. The number of benzene rings is 1. The molecule has 1 atom stereocenters. The van der Waals surface area contributed by atoms with Crippen LogP contribution in [-0.2, 0) is 14.8 Å². The first-order valence-electron chi connectivity index (χ1n) is 9.18. The van der Waals surface area contributed by atoms with Gasteiger partial charge < -0.3 is 9.80 Å². The van der Waals surface area contributed by atoms with Crippen molar-refractivity contribution in [2.45, 2.75) is 24.7 Å². The number of hydrogen-bond donors (Lipinski definition) is 0. The summed E-state index contributed by atoms with van der Waals surface area (Å²) >= 11 is 5.86. The zero-order valence-electron chi connectivity index (χ0n) is 15.1. The highest BCUT2D eigenvalue weighted by Gasteiger charge is 2.35. The number of piperazine rings is 1. The molecule has 8 heteroatoms. The lowest BCUT2D eigenvalue weighted by molar-refractivity contribution is -0.138. The van der Waals surface area contributed by atoms with Crippen LogP contribution in [0.1, 0.15) is 19.8 Å². The Morgan fingerprint density at radius 3 is 2.38 bits per heavy atom. The molecule has 1 aromatic rings. The number of likely N-dealkylation sites (N-methyl/N-ethyl adjacent to an activating group) is 1. The quantitative estimate of drug-likeness (QED) is 0.775. The minimum Gasteiger partial charge on any atom is -0.340 e. The van der Waals surface area contributed by atoms with Crippen LogP contribution >= 0.6 is 11.6 Å². The molecule has 2 fully saturated rings. The van der Waals surface area contributed by atoms with Crippen molar-refractivity contribution in [1.29, 1.82) is 0 Å². The number of piperidine rings is 1. The number of carbonyl (C=O) groups excluding carboxylic acids is 1. The maximum atomic E-state index is 12.9. The van der Waals surface area contributed by atoms with Gasteiger partial charge in [-0.25, -0.2) is 8.42 Å². The van der Waals surface area contributed by atoms with Gasteiger partial charge in [0.2, 0.25) is 15.9 Å². The number of amides is 1. The molecule has 0 saturated carbocycles. The van der Waals surface area contributed by atoms with E-state index in [9.17, 15) is 13.2 Å². The molecule has 2 aliphatic heterocycles. The van der Waals surface area contributed by atoms with E-state index in [4.69, 9.17) is 11.6 Å². The van der Waals surface area contributed by atoms with E-state index in [1.54, 1.807) is 12.1 Å². The predicted octanol–water partition coefficient (Wildman–Crippen LogP) is 1.90. The molecule has 2 saturated heterocycles. The third-order valence-electron chi connectivity index (χ3n) is 5.32. The van der Waals surface area contributed by atoms with E-state index >= 15 is 0 Å². The molecule has 2 heterocycles. The average molecular weight is 400 g/mol. The second-order valence-corrected chi connectivity index (χ2v) is 9.29. The van der Waals surface area contributed by atoms with Crippen molar-refractivity contribution >= 4 is 27.5 Å². The van der Waals surface area contributed by atoms with Gasteiger partial charge in [-0.05, 0) is 43.7 Å². The molecule has 3 rings (SSSR count). The van der Waals surface area contributed by atoms with Crippen LogP contribution in [0.2, 0.25) is 5.02 Å². The van der Waals surface area contributed by atoms with Gasteiger partial charge in [-0.15, -0.1) is 0 Å². The third kappa shape index (κ3) is 4.22. The molecular weight excluding hydrogens is 374 g/mol. The molecule has 2 aliphatic rings. The summed E-state index contributed by atoms with van der Waals surface area (Å²) in [4.78, 5) is 17.3. The van der Waals surface area contributed by atoms with Gasteiger partial charge in [0.15, 0.2) is 0 Å². The first-order valence-corrected chi connectivity index (χ1v) is 11.0. The molecule has 6 nitrogen and oxygen atoms in total. The van der Waals surface area contributed by atoms with Crippen LogP contribution in [0.3, 0.4) is 0 Å². The topological polar surface area (TPSA) is 60.9 Å². The summed E-state index contributed by atoms with van der Waals surface area (Å²) in [7, 11) is -3.59. The Labute approximate surface area is 160 Å². The highest BCUT2D eigenvalue weighted by atomic mass is 35.5. The first kappa shape index (κ1) is 19.6. The zero-order chi connectivity index (χ0) is 18.7. The molecule has 144 valence electrons. The highest BCUT2D eigenvalue weighted by molar-refractivity contribution is 7.89. The van der Waals surface area contributed by atoms with Gasteiger partial charge in [0.05, 0.1) is 10.8 Å². The SMILES string of the molecule is CCN1CCN(C(=O)[C@H]2CCCN(S(=O)(=O)c3ccc(Cl)cc3)C2)CC1. The lowest BCUT2D eigenvalue weighted by Crippen LogP contribution is -2.52. The van der Waals surface area contributed by atoms with Crippen LogP contribution in [0.25, 0.3) is 0 Å². The van der Waals surface area contributed by atoms with Crippen molar-refractivity contribution < 1.29 is 13.2 Å². The molecule has 0 unspecified atom stereocenters. The number of rotatable bonds is 4. The summed E-state index contributed by atoms with van der Waals surface area (Å²) < 4.78 is 27.2. The summed E-state index contributed by atoms with van der Waals surface area (Å²) in [5.74, 6) is -0.157. The van der Waals surface area contributed by atoms with Crippen molar-refractivity contribution in [3.05, 3.63) is 29.3 Å². The molecule has 26 heavy (non-hydrogen) atoms. The Hall–Kier alpha value is -1.15. The van der Waals surface area contributed by atoms with Gasteiger partial charge >= 0.3 is 0 Å². The third-order valence-corrected chi connectivity index (χ3v) is 7.45. The minimum atomic E-state index is -3.59. The largest absolute Gasteiger partial charge is 0.340 e. The smallest absolute Gasteiger partial charge is 0.243 e. The van der Waals surface area contributed by atoms with E-state index in [2.05, 4.69) is 11.8 Å². The van der Waals surface area contributed by atoms with Crippen LogP contribution in [0.4, 0.5) is 0 Å². The highest BCUT2D eigenvalue weighted by Crippen LogP contribution is 2.26. The van der Waals surface area contributed by atoms with Crippen molar-refractivity contribution in [3.8, 4) is 0 Å². The minimum absolute atomic E-state index is 0.0942. The molecule has 0 aliphatic carbocycles. The normalized spacial score (nSPS) is 23.2. The maximum Gasteiger partial charge on any atom is 0.243 e. The molecule has 1 amide bonds. The summed E-state index contributed by atoms with van der Waals surface area (Å²) in [6, 6.07) is 6.20. The van der Waals surface area contributed by atoms with E-state index in [-0.39, 0.29) is 23.3 Å². The number of nitrogens with zero attached hydrogens (tertiary/aromatic N) is 3. The van der Waals surface area contributed by atoms with Crippen LogP contribution in [-0.4, -0.2) is 74.2 Å². The molecule has 0 aromatic heterocycles. The Morgan fingerprint density at radius 1 is 1.12 bits per heavy atom. The summed E-state index contributed by atoms with van der Waals surface area (Å²) in [5, 5.41) is 0.502. The van der Waals surface area contributed by atoms with Gasteiger partial charge in [0, 0.05) is 44.3 Å². The fourth-order valence-electron chi connectivity index (χ4n) is 3.66. The Morgan fingerprint density at radius 2 is 1.77 bits per heavy atom. The average Bonchev–Trinajstić information content (AvgIpc) is 2.68. The summed E-state index contributed by atoms with van der Waals surface area (Å²) in [6.07, 6.45) is 1.46. The van der Waals surface area contributed by atoms with Crippen LogP contribution < -0.4 is 0 Å². The Bertz CT molecular complexity index is 731. The van der Waals surface area contributed by atoms with Gasteiger partial charge in [-0.3, -0.25) is 4.79 Å². The van der Waals surface area contributed by atoms with Crippen molar-refractivity contribution in [2.75, 3.05) is 45.8 Å². The lowest BCUT2D eigenvalue weighted by atomic mass is 9.98. The maximum absolute atomic E-state index is 12.9. The monoisotopic (exact) mass is 399 g/mol. The lowest BCUT2D eigenvalue weighted by Gasteiger charge is -2.38. The van der Waals surface area contributed by atoms with Gasteiger partial charge in [-0.2, -0.15) is 4.31 Å². The molecule has 0 bridgehead atoms.